The van der Waals surface area contributed by atoms with Crippen molar-refractivity contribution in [1.29, 1.82) is 0 Å². The number of urea groups is 2. The quantitative estimate of drug-likeness (QED) is 0.259. The summed E-state index contributed by atoms with van der Waals surface area (Å²) < 4.78 is 66.6. The zero-order chi connectivity index (χ0) is 31.9. The molecule has 0 bridgehead atoms. The molecule has 0 saturated carbocycles. The molecule has 3 aliphatic rings. The molecular formula is C23H22F3N5O10S2. The third-order valence-electron chi connectivity index (χ3n) is 6.46. The first kappa shape index (κ1) is 31.6. The van der Waals surface area contributed by atoms with Crippen LogP contribution in [-0.4, -0.2) is 106 Å². The lowest BCUT2D eigenvalue weighted by molar-refractivity contribution is -0.151. The number of β-lactam (4-membered cyclic amide) rings is 1. The number of esters is 1. The average molecular weight is 650 g/mol. The van der Waals surface area contributed by atoms with Gasteiger partial charge in [0.2, 0.25) is 5.91 Å². The molecule has 2 fully saturated rings. The van der Waals surface area contributed by atoms with E-state index in [1.165, 1.54) is 24.3 Å². The van der Waals surface area contributed by atoms with Crippen LogP contribution in [0, 0.1) is 0 Å². The Morgan fingerprint density at radius 1 is 1.14 bits per heavy atom. The van der Waals surface area contributed by atoms with Gasteiger partial charge in [0.25, 0.3) is 5.91 Å². The van der Waals surface area contributed by atoms with Crippen molar-refractivity contribution < 1.29 is 60.2 Å². The lowest BCUT2D eigenvalue weighted by atomic mass is 10.0. The van der Waals surface area contributed by atoms with Crippen molar-refractivity contribution in [3.63, 3.8) is 0 Å². The van der Waals surface area contributed by atoms with Crippen molar-refractivity contribution in [2.24, 2.45) is 0 Å². The lowest BCUT2D eigenvalue weighted by Crippen LogP contribution is -2.71. The van der Waals surface area contributed by atoms with Gasteiger partial charge in [0.05, 0.1) is 13.1 Å². The van der Waals surface area contributed by atoms with Crippen molar-refractivity contribution >= 4 is 57.6 Å². The van der Waals surface area contributed by atoms with E-state index < -0.39 is 91.9 Å². The van der Waals surface area contributed by atoms with Crippen LogP contribution in [-0.2, 0) is 33.9 Å². The Hall–Kier alpha value is -4.33. The molecule has 15 nitrogen and oxygen atoms in total. The summed E-state index contributed by atoms with van der Waals surface area (Å²) in [5.74, 6) is -3.89. The summed E-state index contributed by atoms with van der Waals surface area (Å²) in [6, 6.07) is 1.32. The number of rotatable bonds is 8. The molecule has 3 atom stereocenters. The fourth-order valence-electron chi connectivity index (χ4n) is 4.42. The maximum absolute atomic E-state index is 13.4. The Morgan fingerprint density at radius 3 is 2.37 bits per heavy atom. The zero-order valence-corrected chi connectivity index (χ0v) is 23.5. The summed E-state index contributed by atoms with van der Waals surface area (Å²) in [5, 5.41) is 13.4. The van der Waals surface area contributed by atoms with E-state index in [0.29, 0.717) is 0 Å². The SMILES string of the molecule is CC(=O)OCC1=C(C(=O)O)N2C(=O)C(NC(=O)[C@H](NC(=O)N3CCN(S(=O)(=O)C(F)(F)F)C3=O)c3ccccc3)[C@H]2SC1. The van der Waals surface area contributed by atoms with Crippen molar-refractivity contribution in [3.8, 4) is 0 Å². The molecule has 2 saturated heterocycles. The summed E-state index contributed by atoms with van der Waals surface area (Å²) in [5.41, 5.74) is -5.90. The second-order valence-corrected chi connectivity index (χ2v) is 12.1. The highest BCUT2D eigenvalue weighted by Crippen LogP contribution is 2.40. The molecular weight excluding hydrogens is 627 g/mol. The second-order valence-electron chi connectivity index (χ2n) is 9.18. The van der Waals surface area contributed by atoms with Crippen molar-refractivity contribution in [1.82, 2.24) is 24.7 Å². The Labute approximate surface area is 245 Å². The Kier molecular flexibility index (Phi) is 8.63. The normalized spacial score (nSPS) is 21.2. The number of fused-ring (bicyclic) bond motifs is 1. The molecule has 0 aliphatic carbocycles. The Balaban J connectivity index is 1.51. The number of ether oxygens (including phenoxy) is 1. The smallest absolute Gasteiger partial charge is 0.477 e. The van der Waals surface area contributed by atoms with E-state index >= 15 is 0 Å². The maximum atomic E-state index is 13.4. The lowest BCUT2D eigenvalue weighted by Gasteiger charge is -2.49. The second kappa shape index (κ2) is 11.7. The molecule has 3 heterocycles. The molecule has 1 aromatic carbocycles. The molecule has 3 aliphatic heterocycles. The minimum Gasteiger partial charge on any atom is -0.477 e. The van der Waals surface area contributed by atoms with Gasteiger partial charge < -0.3 is 20.5 Å². The number of sulfonamides is 1. The van der Waals surface area contributed by atoms with Gasteiger partial charge in [0.15, 0.2) is 0 Å². The van der Waals surface area contributed by atoms with Crippen LogP contribution in [0.4, 0.5) is 22.8 Å². The number of carboxylic acid groups (broad SMARTS) is 1. The first-order valence-corrected chi connectivity index (χ1v) is 14.6. The van der Waals surface area contributed by atoms with Crippen LogP contribution >= 0.6 is 11.8 Å². The number of carboxylic acids is 1. The fraction of sp³-hybridized carbons (Fsp3) is 0.391. The largest absolute Gasteiger partial charge is 0.516 e. The molecule has 1 unspecified atom stereocenters. The predicted molar refractivity (Wildman–Crippen MR) is 138 cm³/mol. The molecule has 0 radical (unpaired) electrons. The van der Waals surface area contributed by atoms with E-state index in [4.69, 9.17) is 4.74 Å². The number of aliphatic carboxylic acids is 1. The molecule has 3 N–H and O–H groups in total. The first-order valence-electron chi connectivity index (χ1n) is 12.2. The third kappa shape index (κ3) is 5.96. The van der Waals surface area contributed by atoms with Gasteiger partial charge in [0.1, 0.15) is 29.8 Å². The average Bonchev–Trinajstić information content (AvgIpc) is 3.34. The van der Waals surface area contributed by atoms with Crippen molar-refractivity contribution in [3.05, 3.63) is 47.2 Å². The van der Waals surface area contributed by atoms with Gasteiger partial charge in [-0.2, -0.15) is 21.6 Å². The van der Waals surface area contributed by atoms with E-state index in [0.717, 1.165) is 23.6 Å². The summed E-state index contributed by atoms with van der Waals surface area (Å²) in [4.78, 5) is 75.9. The van der Waals surface area contributed by atoms with Crippen molar-refractivity contribution in [2.75, 3.05) is 25.4 Å². The molecule has 232 valence electrons. The van der Waals surface area contributed by atoms with Gasteiger partial charge in [-0.15, -0.1) is 11.8 Å². The molecule has 0 spiro atoms. The summed E-state index contributed by atoms with van der Waals surface area (Å²) in [6.45, 7) is -0.947. The number of nitrogens with zero attached hydrogens (tertiary/aromatic N) is 3. The van der Waals surface area contributed by atoms with Crippen LogP contribution in [0.15, 0.2) is 41.6 Å². The number of imide groups is 1. The number of hydrogen-bond donors (Lipinski definition) is 3. The number of carbonyl (C=O) groups is 6. The standard InChI is InChI=1S/C23H22F3N5O10S2/c1-11(32)41-9-13-10-42-19-15(18(34)31(19)16(13)20(35)36)27-17(33)14(12-5-3-2-4-6-12)28-21(37)29-7-8-30(22(29)38)43(39,40)23(24,25)26/h2-6,14-15,19H,7-10H2,1H3,(H,27,33)(H,28,37)(H,35,36)/t14-,15?,19-/m1/s1. The molecule has 0 aromatic heterocycles. The van der Waals surface area contributed by atoms with Gasteiger partial charge in [-0.25, -0.2) is 23.6 Å². The third-order valence-corrected chi connectivity index (χ3v) is 9.30. The summed E-state index contributed by atoms with van der Waals surface area (Å²) in [7, 11) is -6.07. The number of thioether (sulfide) groups is 1. The van der Waals surface area contributed by atoms with E-state index in [-0.39, 0.29) is 28.4 Å². The summed E-state index contributed by atoms with van der Waals surface area (Å²) >= 11 is 1.08. The molecule has 20 heteroatoms. The molecule has 43 heavy (non-hydrogen) atoms. The van der Waals surface area contributed by atoms with E-state index in [1.54, 1.807) is 6.07 Å². The highest BCUT2D eigenvalue weighted by atomic mass is 32.2. The van der Waals surface area contributed by atoms with Gasteiger partial charge >= 0.3 is 39.5 Å². The number of nitrogens with one attached hydrogen (secondary N) is 2. The van der Waals surface area contributed by atoms with E-state index in [2.05, 4.69) is 10.6 Å². The summed E-state index contributed by atoms with van der Waals surface area (Å²) in [6.07, 6.45) is 0. The Bertz CT molecular complexity index is 1520. The van der Waals surface area contributed by atoms with Gasteiger partial charge in [-0.3, -0.25) is 19.3 Å². The molecule has 6 amide bonds. The van der Waals surface area contributed by atoms with Gasteiger partial charge in [0, 0.05) is 18.2 Å². The number of amides is 6. The monoisotopic (exact) mass is 649 g/mol. The van der Waals surface area contributed by atoms with E-state index in [1.807, 2.05) is 0 Å². The minimum atomic E-state index is -6.07. The fourth-order valence-corrected chi connectivity index (χ4v) is 6.62. The predicted octanol–water partition coefficient (Wildman–Crippen LogP) is 0.326. The number of hydrogen-bond acceptors (Lipinski definition) is 10. The minimum absolute atomic E-state index is 0.0446. The van der Waals surface area contributed by atoms with Crippen LogP contribution in [0.1, 0.15) is 18.5 Å². The highest BCUT2D eigenvalue weighted by Gasteiger charge is 2.56. The highest BCUT2D eigenvalue weighted by molar-refractivity contribution is 8.00. The topological polar surface area (TPSA) is 200 Å². The van der Waals surface area contributed by atoms with Gasteiger partial charge in [-0.05, 0) is 5.56 Å². The first-order chi connectivity index (χ1) is 20.1. The Morgan fingerprint density at radius 2 is 1.79 bits per heavy atom. The van der Waals surface area contributed by atoms with Crippen molar-refractivity contribution in [2.45, 2.75) is 29.9 Å². The van der Waals surface area contributed by atoms with Crippen LogP contribution in [0.3, 0.4) is 0 Å². The molecule has 1 aromatic rings. The number of alkyl halides is 3. The number of carbonyl (C=O) groups excluding carboxylic acids is 5. The van der Waals surface area contributed by atoms with Crippen LogP contribution in [0.25, 0.3) is 0 Å². The van der Waals surface area contributed by atoms with Crippen LogP contribution in [0.2, 0.25) is 0 Å². The maximum Gasteiger partial charge on any atom is 0.516 e. The van der Waals surface area contributed by atoms with E-state index in [9.17, 15) is 55.5 Å². The molecule has 4 rings (SSSR count). The number of benzene rings is 1. The number of halogens is 3. The van der Waals surface area contributed by atoms with Crippen LogP contribution in [0.5, 0.6) is 0 Å². The van der Waals surface area contributed by atoms with Crippen LogP contribution < -0.4 is 10.6 Å². The zero-order valence-electron chi connectivity index (χ0n) is 21.9. The van der Waals surface area contributed by atoms with Gasteiger partial charge in [-0.1, -0.05) is 30.3 Å².